The normalized spacial score (nSPS) is 9.75. The Morgan fingerprint density at radius 3 is 3.00 bits per heavy atom. The molecule has 2 N–H and O–H groups in total. The van der Waals surface area contributed by atoms with Gasteiger partial charge in [-0.3, -0.25) is 0 Å². The van der Waals surface area contributed by atoms with E-state index in [1.807, 2.05) is 6.07 Å². The van der Waals surface area contributed by atoms with Gasteiger partial charge in [0.25, 0.3) is 0 Å². The maximum atomic E-state index is 8.82. The molecule has 1 aromatic carbocycles. The summed E-state index contributed by atoms with van der Waals surface area (Å²) in [6.07, 6.45) is 3.48. The first kappa shape index (κ1) is 10.7. The van der Waals surface area contributed by atoms with E-state index < -0.39 is 0 Å². The number of halogens is 1. The second-order valence-electron chi connectivity index (χ2n) is 3.23. The molecule has 1 aromatic heterocycles. The van der Waals surface area contributed by atoms with Crippen LogP contribution >= 0.6 is 15.9 Å². The lowest BCUT2D eigenvalue weighted by molar-refractivity contribution is 1.000. The minimum absolute atomic E-state index is 0.605. The Morgan fingerprint density at radius 1 is 1.44 bits per heavy atom. The summed E-state index contributed by atoms with van der Waals surface area (Å²) < 4.78 is 0.883. The zero-order valence-electron chi connectivity index (χ0n) is 8.37. The highest BCUT2D eigenvalue weighted by Gasteiger charge is 1.99. The van der Waals surface area contributed by atoms with Crippen LogP contribution in [0.15, 0.2) is 35.1 Å². The number of hydrogen-bond acceptors (Lipinski definition) is 3. The van der Waals surface area contributed by atoms with Gasteiger partial charge in [-0.2, -0.15) is 5.26 Å². The van der Waals surface area contributed by atoms with Gasteiger partial charge in [-0.15, -0.1) is 0 Å². The Hall–Kier alpha value is -1.80. The number of aromatic nitrogens is 2. The fourth-order valence-electron chi connectivity index (χ4n) is 1.34. The van der Waals surface area contributed by atoms with Crippen LogP contribution in [-0.2, 0) is 6.54 Å². The lowest BCUT2D eigenvalue weighted by Gasteiger charge is -2.05. The highest BCUT2D eigenvalue weighted by Crippen LogP contribution is 2.19. The van der Waals surface area contributed by atoms with Crippen molar-refractivity contribution >= 4 is 21.6 Å². The fourth-order valence-corrected chi connectivity index (χ4v) is 1.83. The van der Waals surface area contributed by atoms with Crippen molar-refractivity contribution in [3.05, 3.63) is 46.5 Å². The van der Waals surface area contributed by atoms with Crippen LogP contribution in [0.2, 0.25) is 0 Å². The minimum Gasteiger partial charge on any atom is -0.378 e. The SMILES string of the molecule is N#Cc1cc(Br)cc(NCc2ncc[nH]2)c1. The summed E-state index contributed by atoms with van der Waals surface area (Å²) in [5.41, 5.74) is 1.51. The molecule has 0 aliphatic heterocycles. The molecule has 4 nitrogen and oxygen atoms in total. The maximum absolute atomic E-state index is 8.82. The van der Waals surface area contributed by atoms with Crippen molar-refractivity contribution in [1.82, 2.24) is 9.97 Å². The molecule has 0 unspecified atom stereocenters. The van der Waals surface area contributed by atoms with Gasteiger partial charge in [-0.25, -0.2) is 4.98 Å². The Balaban J connectivity index is 2.10. The highest BCUT2D eigenvalue weighted by atomic mass is 79.9. The molecule has 16 heavy (non-hydrogen) atoms. The van der Waals surface area contributed by atoms with Gasteiger partial charge in [-0.05, 0) is 18.2 Å². The third-order valence-corrected chi connectivity index (χ3v) is 2.50. The quantitative estimate of drug-likeness (QED) is 0.906. The molecule has 0 amide bonds. The zero-order valence-corrected chi connectivity index (χ0v) is 9.95. The summed E-state index contributed by atoms with van der Waals surface area (Å²) in [5, 5.41) is 12.0. The minimum atomic E-state index is 0.605. The van der Waals surface area contributed by atoms with Crippen molar-refractivity contribution in [3.8, 4) is 6.07 Å². The van der Waals surface area contributed by atoms with E-state index in [1.165, 1.54) is 0 Å². The number of rotatable bonds is 3. The van der Waals surface area contributed by atoms with Crippen molar-refractivity contribution in [2.24, 2.45) is 0 Å². The average Bonchev–Trinajstić information content (AvgIpc) is 2.78. The van der Waals surface area contributed by atoms with Crippen LogP contribution in [0, 0.1) is 11.3 Å². The van der Waals surface area contributed by atoms with Crippen LogP contribution in [0.25, 0.3) is 0 Å². The Morgan fingerprint density at radius 2 is 2.31 bits per heavy atom. The summed E-state index contributed by atoms with van der Waals surface area (Å²) >= 11 is 3.36. The Bertz CT molecular complexity index is 513. The number of anilines is 1. The van der Waals surface area contributed by atoms with E-state index >= 15 is 0 Å². The summed E-state index contributed by atoms with van der Waals surface area (Å²) in [4.78, 5) is 7.10. The molecule has 5 heteroatoms. The van der Waals surface area contributed by atoms with Crippen LogP contribution in [-0.4, -0.2) is 9.97 Å². The molecule has 0 saturated heterocycles. The molecule has 0 spiro atoms. The number of benzene rings is 1. The number of nitrogens with zero attached hydrogens (tertiary/aromatic N) is 2. The van der Waals surface area contributed by atoms with E-state index in [1.54, 1.807) is 24.5 Å². The van der Waals surface area contributed by atoms with Gasteiger partial charge in [0, 0.05) is 22.6 Å². The van der Waals surface area contributed by atoms with Gasteiger partial charge < -0.3 is 10.3 Å². The summed E-state index contributed by atoms with van der Waals surface area (Å²) in [6, 6.07) is 7.60. The molecular formula is C11H9BrN4. The standard InChI is InChI=1S/C11H9BrN4/c12-9-3-8(6-13)4-10(5-9)16-7-11-14-1-2-15-11/h1-5,16H,7H2,(H,14,15). The molecule has 0 saturated carbocycles. The lowest BCUT2D eigenvalue weighted by Crippen LogP contribution is -2.01. The summed E-state index contributed by atoms with van der Waals surface area (Å²) in [5.74, 6) is 0.860. The first-order valence-corrected chi connectivity index (χ1v) is 5.50. The van der Waals surface area contributed by atoms with Gasteiger partial charge in [0.05, 0.1) is 18.2 Å². The molecule has 0 bridgehead atoms. The predicted molar refractivity (Wildman–Crippen MR) is 64.8 cm³/mol. The van der Waals surface area contributed by atoms with Gasteiger partial charge >= 0.3 is 0 Å². The van der Waals surface area contributed by atoms with Gasteiger partial charge in [0.15, 0.2) is 0 Å². The maximum Gasteiger partial charge on any atom is 0.125 e. The number of nitrogens with one attached hydrogen (secondary N) is 2. The van der Waals surface area contributed by atoms with Gasteiger partial charge in [0.2, 0.25) is 0 Å². The molecule has 0 radical (unpaired) electrons. The zero-order chi connectivity index (χ0) is 11.4. The first-order valence-electron chi connectivity index (χ1n) is 4.71. The van der Waals surface area contributed by atoms with Crippen molar-refractivity contribution in [3.63, 3.8) is 0 Å². The number of imidazole rings is 1. The number of nitriles is 1. The van der Waals surface area contributed by atoms with E-state index in [-0.39, 0.29) is 0 Å². The van der Waals surface area contributed by atoms with Crippen LogP contribution < -0.4 is 5.32 Å². The molecular weight excluding hydrogens is 268 g/mol. The molecule has 2 rings (SSSR count). The van der Waals surface area contributed by atoms with E-state index in [9.17, 15) is 0 Å². The second kappa shape index (κ2) is 4.81. The topological polar surface area (TPSA) is 64.5 Å². The van der Waals surface area contributed by atoms with Crippen molar-refractivity contribution in [1.29, 1.82) is 5.26 Å². The monoisotopic (exact) mass is 276 g/mol. The average molecular weight is 277 g/mol. The van der Waals surface area contributed by atoms with Crippen LogP contribution in [0.1, 0.15) is 11.4 Å². The van der Waals surface area contributed by atoms with E-state index in [0.717, 1.165) is 16.0 Å². The van der Waals surface area contributed by atoms with Crippen molar-refractivity contribution in [2.45, 2.75) is 6.54 Å². The Labute approximate surface area is 101 Å². The lowest BCUT2D eigenvalue weighted by atomic mass is 10.2. The molecule has 0 aliphatic carbocycles. The first-order chi connectivity index (χ1) is 7.78. The molecule has 1 heterocycles. The number of H-pyrrole nitrogens is 1. The third-order valence-electron chi connectivity index (χ3n) is 2.04. The number of hydrogen-bond donors (Lipinski definition) is 2. The fraction of sp³-hybridized carbons (Fsp3) is 0.0909. The van der Waals surface area contributed by atoms with Gasteiger partial charge in [-0.1, -0.05) is 15.9 Å². The largest absolute Gasteiger partial charge is 0.378 e. The van der Waals surface area contributed by atoms with Crippen molar-refractivity contribution in [2.75, 3.05) is 5.32 Å². The van der Waals surface area contributed by atoms with Crippen LogP contribution in [0.4, 0.5) is 5.69 Å². The highest BCUT2D eigenvalue weighted by molar-refractivity contribution is 9.10. The van der Waals surface area contributed by atoms with Crippen LogP contribution in [0.5, 0.6) is 0 Å². The predicted octanol–water partition coefficient (Wildman–Crippen LogP) is 2.66. The smallest absolute Gasteiger partial charge is 0.125 e. The molecule has 0 aliphatic rings. The third kappa shape index (κ3) is 2.61. The van der Waals surface area contributed by atoms with Gasteiger partial charge in [0.1, 0.15) is 5.82 Å². The Kier molecular flexibility index (Phi) is 3.22. The van der Waals surface area contributed by atoms with E-state index in [0.29, 0.717) is 12.1 Å². The van der Waals surface area contributed by atoms with E-state index in [2.05, 4.69) is 37.3 Å². The molecule has 2 aromatic rings. The second-order valence-corrected chi connectivity index (χ2v) is 4.15. The molecule has 0 fully saturated rings. The molecule has 80 valence electrons. The molecule has 0 atom stereocenters. The van der Waals surface area contributed by atoms with Crippen LogP contribution in [0.3, 0.4) is 0 Å². The summed E-state index contributed by atoms with van der Waals surface area (Å²) in [7, 11) is 0. The summed E-state index contributed by atoms with van der Waals surface area (Å²) in [6.45, 7) is 0.605. The number of aromatic amines is 1. The van der Waals surface area contributed by atoms with E-state index in [4.69, 9.17) is 5.26 Å². The van der Waals surface area contributed by atoms with Crippen molar-refractivity contribution < 1.29 is 0 Å².